The number of esters is 1. The van der Waals surface area contributed by atoms with Crippen molar-refractivity contribution in [2.24, 2.45) is 28.6 Å². The van der Waals surface area contributed by atoms with Gasteiger partial charge in [0.15, 0.2) is 17.1 Å². The number of allylic oxidation sites excluding steroid dienone is 4. The van der Waals surface area contributed by atoms with Crippen molar-refractivity contribution in [1.82, 2.24) is 84.9 Å². The fourth-order valence-electron chi connectivity index (χ4n) is 16.4. The summed E-state index contributed by atoms with van der Waals surface area (Å²) in [6.07, 6.45) is 5.85. The van der Waals surface area contributed by atoms with E-state index in [1.807, 2.05) is 0 Å². The lowest BCUT2D eigenvalue weighted by atomic mass is 9.44. The molecule has 3 aromatic heterocycles. The SMILES string of the molecule is C[C@@H]1C[C@H]2[C@@H]3C[C@H](F)C4=CC(=O)C=C[C@]4(C)[C@@]3(F)[C@@H](O)C[C@]2(C)[C@@]1(OC(=O)c1cc(COCNC(=O)[C@H](CCCC(=O)O)NC(=O)CNC(=O)CN(C)C(=O)CN(C)C(=O)CN(C)C(=O)CN(C)C(=O)CN(C)C(=O)CN(C)C(=O)CN(C)C(=O)CN(C)C(=O)CN(C)C(=O)CN(C)C(=O)c2cc(-c3cnc(S(C)(=O)=O)nc3)cc(-c3cnc(S(C)(=O)=O)nc3)c2)co1)C(=O)SCF. The number of carboxylic acid groups (broad SMARTS) is 1. The smallest absolute Gasteiger partial charge is 0.375 e. The maximum atomic E-state index is 18.0. The Bertz CT molecular complexity index is 5410. The number of alkyl halides is 3. The van der Waals surface area contributed by atoms with Gasteiger partial charge in [0.1, 0.15) is 25.0 Å². The van der Waals surface area contributed by atoms with Gasteiger partial charge in [-0.1, -0.05) is 19.9 Å². The minimum Gasteiger partial charge on any atom is -0.481 e. The number of hydrogen-bond acceptors (Lipinski definition) is 30. The van der Waals surface area contributed by atoms with Crippen molar-refractivity contribution in [2.45, 2.75) is 106 Å². The average molecular weight is 1930 g/mol. The van der Waals surface area contributed by atoms with Crippen LogP contribution in [0.3, 0.4) is 0 Å². The van der Waals surface area contributed by atoms with Gasteiger partial charge in [-0.2, -0.15) is 0 Å². The van der Waals surface area contributed by atoms with E-state index >= 15 is 8.78 Å². The van der Waals surface area contributed by atoms with Gasteiger partial charge in [-0.15, -0.1) is 0 Å². The summed E-state index contributed by atoms with van der Waals surface area (Å²) in [6, 6.07) is 2.99. The number of aromatic nitrogens is 4. The van der Waals surface area contributed by atoms with E-state index in [1.165, 1.54) is 133 Å². The number of sulfone groups is 2. The average Bonchev–Trinajstić information content (AvgIpc) is 1.56. The topological polar surface area (TPSA) is 551 Å². The second-order valence-corrected chi connectivity index (χ2v) is 38.7. The molecular weight excluding hydrogens is 1820 g/mol. The van der Waals surface area contributed by atoms with Crippen molar-refractivity contribution >= 4 is 131 Å². The van der Waals surface area contributed by atoms with Crippen LogP contribution in [0.25, 0.3) is 22.3 Å². The number of carboxylic acids is 1. The van der Waals surface area contributed by atoms with Gasteiger partial charge < -0.3 is 89.1 Å². The van der Waals surface area contributed by atoms with Crippen LogP contribution in [0.1, 0.15) is 85.8 Å². The van der Waals surface area contributed by atoms with Gasteiger partial charge in [-0.3, -0.25) is 76.7 Å². The molecule has 0 radical (unpaired) electrons. The predicted molar refractivity (Wildman–Crippen MR) is 463 cm³/mol. The van der Waals surface area contributed by atoms with Gasteiger partial charge >= 0.3 is 11.9 Å². The first-order valence-corrected chi connectivity index (χ1v) is 46.0. The number of furan rings is 1. The molecule has 3 fully saturated rings. The molecular formula is C84H108F3N17O26S3. The van der Waals surface area contributed by atoms with Crippen LogP contribution in [0.5, 0.6) is 0 Å². The second-order valence-electron chi connectivity index (χ2n) is 34.0. The highest BCUT2D eigenvalue weighted by Crippen LogP contribution is 2.72. The molecule has 0 unspecified atom stereocenters. The van der Waals surface area contributed by atoms with Crippen molar-refractivity contribution < 1.29 is 136 Å². The van der Waals surface area contributed by atoms with Gasteiger partial charge in [0.25, 0.3) is 5.91 Å². The second kappa shape index (κ2) is 43.9. The first kappa shape index (κ1) is 106. The normalized spacial score (nSPS) is 20.7. The largest absolute Gasteiger partial charge is 0.481 e. The summed E-state index contributed by atoms with van der Waals surface area (Å²) in [6.45, 7) is -3.02. The Morgan fingerprint density at radius 3 is 1.44 bits per heavy atom. The molecule has 4 aliphatic rings. The maximum Gasteiger partial charge on any atom is 0.375 e. The number of halogens is 3. The van der Waals surface area contributed by atoms with Gasteiger partial charge in [-0.25, -0.2) is 54.7 Å². The Hall–Kier alpha value is -12.5. The molecule has 0 bridgehead atoms. The number of carbonyl (C=O) groups is 17. The van der Waals surface area contributed by atoms with Crippen LogP contribution in [0.4, 0.5) is 13.2 Å². The van der Waals surface area contributed by atoms with Crippen molar-refractivity contribution in [2.75, 3.05) is 168 Å². The van der Waals surface area contributed by atoms with Crippen molar-refractivity contribution in [3.63, 3.8) is 0 Å². The van der Waals surface area contributed by atoms with E-state index in [9.17, 15) is 113 Å². The van der Waals surface area contributed by atoms with Gasteiger partial charge in [-0.05, 0) is 110 Å². The van der Waals surface area contributed by atoms with Crippen LogP contribution in [-0.4, -0.2) is 393 Å². The molecule has 1 aromatic carbocycles. The van der Waals surface area contributed by atoms with Crippen LogP contribution < -0.4 is 16.0 Å². The number of benzene rings is 1. The van der Waals surface area contributed by atoms with E-state index in [2.05, 4.69) is 35.9 Å². The molecule has 0 saturated heterocycles. The lowest BCUT2D eigenvalue weighted by Crippen LogP contribution is -2.70. The molecule has 5 N–H and O–H groups in total. The molecule has 0 aliphatic heterocycles. The van der Waals surface area contributed by atoms with E-state index in [1.54, 1.807) is 13.0 Å². The standard InChI is InChI=1S/C84H108F3N17O26S3/c1-48-21-56-57-27-59(86)58-26-55(105)19-20-81(58,2)83(57,87)62(106)28-82(56,3)84(48,78(123)131-46-85)130-77(122)61-22-49(45-129-61)44-128-47-93-75(120)60(17-16-18-74(118)119)94-63(107)33-88-64(108)34-95(4)65(109)35-96(5)66(110)36-97(6)67(111)37-98(7)68(112)38-99(8)69(113)39-100(9)70(114)40-101(10)71(115)41-102(11)72(116)42-103(12)73(117)43-104(13)76(121)52-24-50(53-29-89-79(90-30-53)132(14,124)125)23-51(25-52)54-31-91-80(92-32-54)133(15,126)127/h19-20,22-26,29-32,45,48,56-57,59-60,62,106H,16-18,21,27-28,33-44,46-47H2,1-15H3,(H,88,108)(H,93,120)(H,94,107)(H,118,119)/t48-,56+,57+,59+,60+,62+,81+,82+,83+,84+/m1/s1. The number of ether oxygens (including phenoxy) is 2. The maximum absolute atomic E-state index is 18.0. The van der Waals surface area contributed by atoms with Gasteiger partial charge in [0.05, 0.1) is 91.0 Å². The Morgan fingerprint density at radius 2 is 1.02 bits per heavy atom. The number of nitrogens with zero attached hydrogens (tertiary/aromatic N) is 14. The summed E-state index contributed by atoms with van der Waals surface area (Å²) in [7, 11) is 5.00. The minimum atomic E-state index is -3.78. The summed E-state index contributed by atoms with van der Waals surface area (Å²) in [4.78, 5) is 251. The third kappa shape index (κ3) is 25.3. The Morgan fingerprint density at radius 1 is 0.594 bits per heavy atom. The zero-order valence-corrected chi connectivity index (χ0v) is 78.3. The number of likely N-dealkylation sites (N-methyl/N-ethyl adjacent to an activating group) is 10. The zero-order chi connectivity index (χ0) is 99.2. The molecule has 0 spiro atoms. The van der Waals surface area contributed by atoms with E-state index in [-0.39, 0.29) is 65.5 Å². The first-order chi connectivity index (χ1) is 62.0. The molecule has 4 aliphatic carbocycles. The van der Waals surface area contributed by atoms with Crippen molar-refractivity contribution in [3.8, 4) is 22.3 Å². The number of fused-ring (bicyclic) bond motifs is 5. The molecule has 4 aromatic rings. The Labute approximate surface area is 768 Å². The van der Waals surface area contributed by atoms with Gasteiger partial charge in [0, 0.05) is 159 Å². The van der Waals surface area contributed by atoms with E-state index < -0.39 is 298 Å². The van der Waals surface area contributed by atoms with Crippen molar-refractivity contribution in [3.05, 3.63) is 96.0 Å². The summed E-state index contributed by atoms with van der Waals surface area (Å²) in [5.74, 6) is -16.5. The van der Waals surface area contributed by atoms with E-state index in [0.29, 0.717) is 11.1 Å². The molecule has 10 atom stereocenters. The number of carbonyl (C=O) groups excluding carboxylic acids is 16. The van der Waals surface area contributed by atoms with Crippen LogP contribution in [0.15, 0.2) is 93.8 Å². The third-order valence-corrected chi connectivity index (χ3v) is 26.5. The highest BCUT2D eigenvalue weighted by molar-refractivity contribution is 8.13. The number of aliphatic hydroxyl groups excluding tert-OH is 1. The molecule has 8 rings (SSSR count). The molecule has 43 nitrogen and oxygen atoms in total. The highest BCUT2D eigenvalue weighted by atomic mass is 32.2. The molecule has 133 heavy (non-hydrogen) atoms. The third-order valence-electron chi connectivity index (χ3n) is 24.0. The predicted octanol–water partition coefficient (Wildman–Crippen LogP) is -1.01. The fraction of sp³-hybridized carbons (Fsp3) is 0.536. The molecule has 3 saturated carbocycles. The Kier molecular flexibility index (Phi) is 34.9. The number of thioether (sulfide) groups is 1. The molecule has 49 heteroatoms. The molecule has 3 heterocycles. The number of amides is 13. The van der Waals surface area contributed by atoms with Crippen LogP contribution >= 0.6 is 11.8 Å². The summed E-state index contributed by atoms with van der Waals surface area (Å²) in [5.41, 5.74) is -6.85. The van der Waals surface area contributed by atoms with Gasteiger partial charge in [0.2, 0.25) is 112 Å². The molecule has 13 amide bonds. The number of nitrogens with one attached hydrogen (secondary N) is 3. The summed E-state index contributed by atoms with van der Waals surface area (Å²) >= 11 is 0.213. The molecule has 724 valence electrons. The lowest BCUT2D eigenvalue weighted by molar-refractivity contribution is -0.221. The fourth-order valence-corrected chi connectivity index (χ4v) is 18.1. The highest BCUT2D eigenvalue weighted by Gasteiger charge is 2.78. The van der Waals surface area contributed by atoms with E-state index in [0.717, 1.165) is 79.9 Å². The quantitative estimate of drug-likeness (QED) is 0.0154. The monoisotopic (exact) mass is 1920 g/mol. The number of aliphatic carboxylic acids is 1. The number of aliphatic hydroxyl groups is 1. The van der Waals surface area contributed by atoms with Crippen molar-refractivity contribution in [1.29, 1.82) is 0 Å². The van der Waals surface area contributed by atoms with Crippen LogP contribution in [-0.2, 0) is 108 Å². The number of rotatable bonds is 41. The summed E-state index contributed by atoms with van der Waals surface area (Å²) < 4.78 is 114. The Balaban J connectivity index is 0.712. The number of ketones is 1. The van der Waals surface area contributed by atoms with Crippen LogP contribution in [0.2, 0.25) is 0 Å². The first-order valence-electron chi connectivity index (χ1n) is 41.3. The van der Waals surface area contributed by atoms with Crippen LogP contribution in [0, 0.1) is 28.6 Å². The minimum absolute atomic E-state index is 0.000833. The zero-order valence-electron chi connectivity index (χ0n) is 75.8. The summed E-state index contributed by atoms with van der Waals surface area (Å²) in [5, 5.41) is 26.5. The van der Waals surface area contributed by atoms with E-state index in [4.69, 9.17) is 13.9 Å². The lowest BCUT2D eigenvalue weighted by Gasteiger charge is -2.63. The number of hydrogen-bond donors (Lipinski definition) is 5.